The molecular formula is C78H102FN13O24. The van der Waals surface area contributed by atoms with Gasteiger partial charge in [-0.15, -0.1) is 0 Å². The molecule has 7 rings (SSSR count). The molecular weight excluding hydrogens is 1520 g/mol. The summed E-state index contributed by atoms with van der Waals surface area (Å²) in [4.78, 5) is 207. The van der Waals surface area contributed by atoms with E-state index in [9.17, 15) is 92.0 Å². The minimum atomic E-state index is -2.03. The molecule has 0 radical (unpaired) electrons. The number of benzene rings is 2. The number of pyridine rings is 2. The molecule has 0 unspecified atom stereocenters. The molecule has 6 atom stereocenters. The van der Waals surface area contributed by atoms with Gasteiger partial charge in [-0.05, 0) is 119 Å². The van der Waals surface area contributed by atoms with Crippen LogP contribution >= 0.6 is 0 Å². The van der Waals surface area contributed by atoms with E-state index in [-0.39, 0.29) is 158 Å². The number of carbonyl (C=O) groups is 15. The van der Waals surface area contributed by atoms with Crippen molar-refractivity contribution < 1.29 is 116 Å². The number of aryl methyl sites for hydroxylation is 1. The maximum Gasteiger partial charge on any atom is 0.343 e. The van der Waals surface area contributed by atoms with Gasteiger partial charge in [0, 0.05) is 104 Å². The fourth-order valence-corrected chi connectivity index (χ4v) is 12.9. The van der Waals surface area contributed by atoms with E-state index in [0.717, 1.165) is 22.6 Å². The second kappa shape index (κ2) is 44.8. The highest BCUT2D eigenvalue weighted by atomic mass is 19.1. The molecule has 2 aromatic heterocycles. The molecule has 0 saturated carbocycles. The Balaban J connectivity index is 0.749. The number of urea groups is 1. The topological polar surface area (TPSA) is 532 Å². The van der Waals surface area contributed by atoms with Crippen LogP contribution in [-0.2, 0) is 96.9 Å². The maximum atomic E-state index is 15.8. The van der Waals surface area contributed by atoms with Gasteiger partial charge >= 0.3 is 29.9 Å². The minimum absolute atomic E-state index is 0.0137. The van der Waals surface area contributed by atoms with E-state index >= 15 is 4.39 Å². The Labute approximate surface area is 666 Å². The highest BCUT2D eigenvalue weighted by Crippen LogP contribution is 2.41. The van der Waals surface area contributed by atoms with E-state index in [2.05, 4.69) is 47.9 Å². The largest absolute Gasteiger partial charge is 0.489 e. The smallest absolute Gasteiger partial charge is 0.343 e. The number of unbranched alkanes of at least 4 members (excludes halogenated alkanes) is 4. The molecule has 0 bridgehead atoms. The summed E-state index contributed by atoms with van der Waals surface area (Å²) in [6.45, 7) is 9.27. The summed E-state index contributed by atoms with van der Waals surface area (Å²) in [6, 6.07) is 2.56. The number of esters is 1. The van der Waals surface area contributed by atoms with Crippen molar-refractivity contribution in [3.63, 3.8) is 0 Å². The number of aliphatic carboxylic acids is 3. The monoisotopic (exact) mass is 1620 g/mol. The summed E-state index contributed by atoms with van der Waals surface area (Å²) in [7, 11) is 0. The van der Waals surface area contributed by atoms with Crippen LogP contribution in [0.2, 0.25) is 0 Å². The van der Waals surface area contributed by atoms with Crippen molar-refractivity contribution in [2.24, 2.45) is 5.92 Å². The number of amides is 12. The number of halogens is 1. The van der Waals surface area contributed by atoms with Gasteiger partial charge in [0.25, 0.3) is 29.2 Å². The van der Waals surface area contributed by atoms with Gasteiger partial charge in [-0.3, -0.25) is 62.4 Å². The molecule has 38 heteroatoms. The lowest BCUT2D eigenvalue weighted by atomic mass is 9.86. The molecule has 0 fully saturated rings. The summed E-state index contributed by atoms with van der Waals surface area (Å²) in [5.41, 5.74) is 1.03. The Hall–Kier alpha value is -11.8. The number of nitrogens with one attached hydrogen (secondary N) is 10. The molecule has 3 aliphatic rings. The van der Waals surface area contributed by atoms with Crippen LogP contribution in [-0.4, -0.2) is 226 Å². The molecule has 630 valence electrons. The standard InChI is InChI=1S/C78H102FN13O24/c1-6-48-49-39-59(53(79)41-57(49)87-67-50(48)42-92-58(67)40-52-51(73(92)105)43-116-76(110)78(52,112)7-2)115-36-32-83-68(100)45(5)85-72(104)66(44(3)4)90-71(103)54(86-62(95)16-14-33-91-63(96)24-25-64(91)97)15-10-13-29-81-61(94)27-34-113-37-38-114-35-31-84-70(102)47-19-17-46(18-20-47)69(101)82-30-12-9-8-11-28-80-60(93)23-21-55(74(106)107)88-77(111)89-56(75(108)109)22-26-65(98)99/h17-20,24-25,39-41,44-45,54-56,66,112H,6-16,21-23,26-38,42-43H2,1-5H3,(H,80,93)(H,81,94)(H,82,101)(H,83,100)(H,84,102)(H,85,104)(H,86,95)(H,90,103)(H,98,99)(H,106,107)(H,108,109)(H2,88,89,111)/t45-,54-,55-,56-,66-,78-/m0/s1. The Kier molecular flexibility index (Phi) is 35.3. The van der Waals surface area contributed by atoms with Crippen molar-refractivity contribution in [1.82, 2.24) is 67.6 Å². The quantitative estimate of drug-likeness (QED) is 0.0149. The van der Waals surface area contributed by atoms with Crippen LogP contribution in [0.25, 0.3) is 22.3 Å². The Morgan fingerprint density at radius 3 is 1.78 bits per heavy atom. The van der Waals surface area contributed by atoms with Crippen LogP contribution in [0.4, 0.5) is 9.18 Å². The lowest BCUT2D eigenvalue weighted by Gasteiger charge is -2.31. The lowest BCUT2D eigenvalue weighted by molar-refractivity contribution is -0.172. The van der Waals surface area contributed by atoms with Gasteiger partial charge in [0.1, 0.15) is 43.4 Å². The number of hydrogen-bond acceptors (Lipinski definition) is 22. The van der Waals surface area contributed by atoms with Crippen LogP contribution in [0.5, 0.6) is 5.75 Å². The van der Waals surface area contributed by atoms with Crippen LogP contribution in [0.1, 0.15) is 174 Å². The number of carboxylic acid groups (broad SMARTS) is 3. The van der Waals surface area contributed by atoms with Gasteiger partial charge in [-0.1, -0.05) is 40.5 Å². The molecule has 0 aliphatic carbocycles. The van der Waals surface area contributed by atoms with Crippen LogP contribution in [0.15, 0.2) is 59.4 Å². The maximum absolute atomic E-state index is 15.8. The highest BCUT2D eigenvalue weighted by Gasteiger charge is 2.46. The number of ether oxygens (including phenoxy) is 4. The minimum Gasteiger partial charge on any atom is -0.489 e. The number of aromatic nitrogens is 2. The number of carbonyl (C=O) groups excluding carboxylic acids is 12. The lowest BCUT2D eigenvalue weighted by Crippen LogP contribution is -2.57. The summed E-state index contributed by atoms with van der Waals surface area (Å²) < 4.78 is 39.4. The molecule has 4 aromatic rings. The molecule has 3 aliphatic heterocycles. The fourth-order valence-electron chi connectivity index (χ4n) is 12.9. The first-order valence-electron chi connectivity index (χ1n) is 38.6. The summed E-state index contributed by atoms with van der Waals surface area (Å²) in [5, 5.41) is 65.1. The average Bonchev–Trinajstić information content (AvgIpc) is 1.52. The van der Waals surface area contributed by atoms with Gasteiger partial charge in [0.2, 0.25) is 35.4 Å². The predicted molar refractivity (Wildman–Crippen MR) is 410 cm³/mol. The molecule has 0 saturated heterocycles. The molecule has 0 spiro atoms. The number of hydrogen-bond donors (Lipinski definition) is 14. The average molecular weight is 1620 g/mol. The number of rotatable bonds is 50. The fraction of sp³-hybridized carbons (Fsp3) is 0.526. The number of imide groups is 1. The number of nitrogens with zero attached hydrogens (tertiary/aromatic N) is 3. The van der Waals surface area contributed by atoms with Crippen molar-refractivity contribution in [2.45, 2.75) is 186 Å². The highest BCUT2D eigenvalue weighted by molar-refractivity contribution is 6.13. The number of carboxylic acids is 3. The molecule has 116 heavy (non-hydrogen) atoms. The second-order valence-electron chi connectivity index (χ2n) is 28.2. The van der Waals surface area contributed by atoms with E-state index in [0.29, 0.717) is 85.0 Å². The molecule has 37 nitrogen and oxygen atoms in total. The van der Waals surface area contributed by atoms with Crippen LogP contribution in [0.3, 0.4) is 0 Å². The zero-order valence-corrected chi connectivity index (χ0v) is 65.3. The van der Waals surface area contributed by atoms with Gasteiger partial charge in [0.15, 0.2) is 17.2 Å². The first kappa shape index (κ1) is 91.4. The van der Waals surface area contributed by atoms with Crippen LogP contribution < -0.4 is 63.5 Å². The Morgan fingerprint density at radius 2 is 1.17 bits per heavy atom. The molecule has 2 aromatic carbocycles. The van der Waals surface area contributed by atoms with E-state index in [4.69, 9.17) is 29.0 Å². The Bertz CT molecular complexity index is 4360. The van der Waals surface area contributed by atoms with E-state index in [1.165, 1.54) is 47.9 Å². The molecule has 14 N–H and O–H groups in total. The third-order valence-corrected chi connectivity index (χ3v) is 19.5. The zero-order valence-electron chi connectivity index (χ0n) is 65.3. The summed E-state index contributed by atoms with van der Waals surface area (Å²) in [5.74, 6) is -11.7. The zero-order chi connectivity index (χ0) is 84.8. The first-order valence-corrected chi connectivity index (χ1v) is 38.6. The first-order chi connectivity index (χ1) is 55.3. The van der Waals surface area contributed by atoms with Gasteiger partial charge < -0.3 is 97.1 Å². The second-order valence-corrected chi connectivity index (χ2v) is 28.2. The van der Waals surface area contributed by atoms with Crippen molar-refractivity contribution in [1.29, 1.82) is 0 Å². The number of aliphatic hydroxyl groups is 1. The number of cyclic esters (lactones) is 1. The van der Waals surface area contributed by atoms with Crippen molar-refractivity contribution >= 4 is 99.9 Å². The third kappa shape index (κ3) is 26.4. The summed E-state index contributed by atoms with van der Waals surface area (Å²) in [6.07, 6.45) is 4.46. The van der Waals surface area contributed by atoms with E-state index in [1.807, 2.05) is 12.2 Å². The molecule has 5 heterocycles. The van der Waals surface area contributed by atoms with E-state index in [1.54, 1.807) is 26.8 Å². The summed E-state index contributed by atoms with van der Waals surface area (Å²) >= 11 is 0. The van der Waals surface area contributed by atoms with Gasteiger partial charge in [-0.25, -0.2) is 28.6 Å². The SMILES string of the molecule is CCc1c2c(nc3cc(F)c(OCCNC(=O)[C@H](C)NC(=O)[C@@H](NC(=O)[C@H](CCCCNC(=O)CCOCCOCCNC(=O)c4ccc(C(=O)NCCCCCCNC(=O)CC[C@H](NC(=O)N[C@@H](CCC(=O)O)C(=O)O)C(=O)O)cc4)NC(=O)CCCN4C(=O)C=CC4=O)C(C)C)cc13)-c1cc3c(c(=O)n1C2)COC(=O)[C@]3(O)CC. The van der Waals surface area contributed by atoms with E-state index < -0.39 is 143 Å². The van der Waals surface area contributed by atoms with Crippen molar-refractivity contribution in [2.75, 3.05) is 72.3 Å². The van der Waals surface area contributed by atoms with Gasteiger partial charge in [-0.2, -0.15) is 0 Å². The normalized spacial score (nSPS) is 15.1. The predicted octanol–water partition coefficient (Wildman–Crippen LogP) is 1.51. The Morgan fingerprint density at radius 1 is 0.586 bits per heavy atom. The van der Waals surface area contributed by atoms with Crippen molar-refractivity contribution in [3.05, 3.63) is 104 Å². The number of fused-ring (bicyclic) bond motifs is 5. The molecule has 12 amide bonds. The van der Waals surface area contributed by atoms with Crippen LogP contribution in [0, 0.1) is 11.7 Å². The third-order valence-electron chi connectivity index (χ3n) is 19.5. The van der Waals surface area contributed by atoms with Gasteiger partial charge in [0.05, 0.1) is 62.0 Å². The van der Waals surface area contributed by atoms with Crippen molar-refractivity contribution in [3.8, 4) is 17.1 Å².